The van der Waals surface area contributed by atoms with E-state index < -0.39 is 29.5 Å². The van der Waals surface area contributed by atoms with Gasteiger partial charge >= 0.3 is 12.0 Å². The van der Waals surface area contributed by atoms with Crippen molar-refractivity contribution in [3.63, 3.8) is 0 Å². The lowest BCUT2D eigenvalue weighted by molar-refractivity contribution is -0.147. The number of hydrogen-bond acceptors (Lipinski definition) is 3. The summed E-state index contributed by atoms with van der Waals surface area (Å²) in [5, 5.41) is 5.05. The smallest absolute Gasteiger partial charge is 0.329 e. The summed E-state index contributed by atoms with van der Waals surface area (Å²) in [4.78, 5) is 23.3. The van der Waals surface area contributed by atoms with Gasteiger partial charge in [-0.1, -0.05) is 11.6 Å². The van der Waals surface area contributed by atoms with E-state index in [9.17, 15) is 14.0 Å². The molecule has 1 heterocycles. The molecule has 2 N–H and O–H groups in total. The van der Waals surface area contributed by atoms with Crippen molar-refractivity contribution in [3.05, 3.63) is 29.0 Å². The normalized spacial score (nSPS) is 20.4. The molecule has 108 valence electrons. The zero-order valence-corrected chi connectivity index (χ0v) is 11.8. The molecule has 0 aliphatic carbocycles. The molecule has 1 saturated heterocycles. The van der Waals surface area contributed by atoms with Gasteiger partial charge in [0.25, 0.3) is 0 Å². The highest BCUT2D eigenvalue weighted by atomic mass is 35.5. The second kappa shape index (κ2) is 5.28. The predicted molar refractivity (Wildman–Crippen MR) is 72.1 cm³/mol. The van der Waals surface area contributed by atoms with Crippen LogP contribution in [0.2, 0.25) is 5.02 Å². The lowest BCUT2D eigenvalue weighted by Gasteiger charge is -2.14. The number of urea groups is 1. The molecule has 1 aromatic rings. The average molecular weight is 301 g/mol. The van der Waals surface area contributed by atoms with Crippen molar-refractivity contribution in [2.45, 2.75) is 31.9 Å². The molecule has 2 amide bonds. The van der Waals surface area contributed by atoms with Gasteiger partial charge in [0.15, 0.2) is 0 Å². The van der Waals surface area contributed by atoms with Crippen LogP contribution < -0.4 is 10.6 Å². The largest absolute Gasteiger partial charge is 0.458 e. The van der Waals surface area contributed by atoms with Gasteiger partial charge in [0.2, 0.25) is 0 Å². The van der Waals surface area contributed by atoms with Crippen LogP contribution in [0.15, 0.2) is 18.2 Å². The Morgan fingerprint density at radius 1 is 1.50 bits per heavy atom. The van der Waals surface area contributed by atoms with Crippen LogP contribution in [0.3, 0.4) is 0 Å². The standard InChI is InChI=1S/C13H14ClFN2O3/c1-13(2)6-10(11(18)20-13)17-12(19)16-9-5-7(14)3-4-8(9)15/h3-5,10H,6H2,1-2H3,(H2,16,17,19). The fourth-order valence-corrected chi connectivity index (χ4v) is 2.15. The molecular weight excluding hydrogens is 287 g/mol. The van der Waals surface area contributed by atoms with Crippen LogP contribution in [0.5, 0.6) is 0 Å². The summed E-state index contributed by atoms with van der Waals surface area (Å²) in [6.07, 6.45) is 0.358. The maximum Gasteiger partial charge on any atom is 0.329 e. The van der Waals surface area contributed by atoms with Crippen LogP contribution in [0.25, 0.3) is 0 Å². The van der Waals surface area contributed by atoms with E-state index in [1.54, 1.807) is 13.8 Å². The van der Waals surface area contributed by atoms with E-state index in [-0.39, 0.29) is 5.69 Å². The molecule has 1 aromatic carbocycles. The number of cyclic esters (lactones) is 1. The number of halogens is 2. The number of anilines is 1. The molecule has 5 nitrogen and oxygen atoms in total. The molecule has 2 rings (SSSR count). The number of rotatable bonds is 2. The number of nitrogens with one attached hydrogen (secondary N) is 2. The van der Waals surface area contributed by atoms with E-state index in [1.165, 1.54) is 12.1 Å². The zero-order chi connectivity index (χ0) is 14.9. The highest BCUT2D eigenvalue weighted by Gasteiger charge is 2.40. The molecule has 1 unspecified atom stereocenters. The van der Waals surface area contributed by atoms with E-state index in [1.807, 2.05) is 0 Å². The maximum atomic E-state index is 13.5. The Bertz CT molecular complexity index is 563. The second-order valence-electron chi connectivity index (χ2n) is 5.16. The van der Waals surface area contributed by atoms with Gasteiger partial charge in [-0.05, 0) is 32.0 Å². The van der Waals surface area contributed by atoms with Crippen LogP contribution in [0.4, 0.5) is 14.9 Å². The topological polar surface area (TPSA) is 67.4 Å². The minimum atomic E-state index is -0.743. The summed E-state index contributed by atoms with van der Waals surface area (Å²) in [5.41, 5.74) is -0.670. The number of benzene rings is 1. The van der Waals surface area contributed by atoms with Crippen molar-refractivity contribution in [1.29, 1.82) is 0 Å². The lowest BCUT2D eigenvalue weighted by atomic mass is 10.0. The molecule has 0 radical (unpaired) electrons. The second-order valence-corrected chi connectivity index (χ2v) is 5.60. The van der Waals surface area contributed by atoms with Crippen molar-refractivity contribution in [2.75, 3.05) is 5.32 Å². The first-order valence-electron chi connectivity index (χ1n) is 6.02. The summed E-state index contributed by atoms with van der Waals surface area (Å²) < 4.78 is 18.5. The van der Waals surface area contributed by atoms with Gasteiger partial charge in [-0.2, -0.15) is 0 Å². The Balaban J connectivity index is 2.00. The third kappa shape index (κ3) is 3.39. The first-order chi connectivity index (χ1) is 9.27. The average Bonchev–Trinajstić information content (AvgIpc) is 2.57. The molecule has 0 aromatic heterocycles. The first-order valence-corrected chi connectivity index (χ1v) is 6.40. The van der Waals surface area contributed by atoms with Crippen LogP contribution >= 0.6 is 11.6 Å². The third-order valence-electron chi connectivity index (χ3n) is 2.84. The van der Waals surface area contributed by atoms with E-state index in [4.69, 9.17) is 16.3 Å². The highest BCUT2D eigenvalue weighted by molar-refractivity contribution is 6.30. The number of carbonyl (C=O) groups excluding carboxylic acids is 2. The van der Waals surface area contributed by atoms with Crippen molar-refractivity contribution < 1.29 is 18.7 Å². The Morgan fingerprint density at radius 2 is 2.20 bits per heavy atom. The Hall–Kier alpha value is -1.82. The van der Waals surface area contributed by atoms with Crippen LogP contribution in [-0.2, 0) is 9.53 Å². The van der Waals surface area contributed by atoms with Crippen molar-refractivity contribution in [2.24, 2.45) is 0 Å². The molecular formula is C13H14ClFN2O3. The molecule has 0 spiro atoms. The summed E-state index contributed by atoms with van der Waals surface area (Å²) in [7, 11) is 0. The number of ether oxygens (including phenoxy) is 1. The molecule has 1 atom stereocenters. The van der Waals surface area contributed by atoms with Gasteiger partial charge in [-0.3, -0.25) is 0 Å². The van der Waals surface area contributed by atoms with E-state index in [2.05, 4.69) is 10.6 Å². The summed E-state index contributed by atoms with van der Waals surface area (Å²) in [6.45, 7) is 3.50. The Kier molecular flexibility index (Phi) is 3.85. The van der Waals surface area contributed by atoms with E-state index >= 15 is 0 Å². The van der Waals surface area contributed by atoms with Crippen LogP contribution in [0.1, 0.15) is 20.3 Å². The SMILES string of the molecule is CC1(C)CC(NC(=O)Nc2cc(Cl)ccc2F)C(=O)O1. The first kappa shape index (κ1) is 14.6. The van der Waals surface area contributed by atoms with Crippen molar-refractivity contribution in [3.8, 4) is 0 Å². The number of carbonyl (C=O) groups is 2. The molecule has 1 fully saturated rings. The minimum Gasteiger partial charge on any atom is -0.458 e. The van der Waals surface area contributed by atoms with Crippen molar-refractivity contribution in [1.82, 2.24) is 5.32 Å². The number of hydrogen-bond donors (Lipinski definition) is 2. The van der Waals surface area contributed by atoms with E-state index in [0.29, 0.717) is 11.4 Å². The quantitative estimate of drug-likeness (QED) is 0.825. The monoisotopic (exact) mass is 300 g/mol. The summed E-state index contributed by atoms with van der Waals surface area (Å²) in [6, 6.07) is 2.37. The minimum absolute atomic E-state index is 0.0550. The van der Waals surface area contributed by atoms with E-state index in [0.717, 1.165) is 6.07 Å². The van der Waals surface area contributed by atoms with Gasteiger partial charge in [0.1, 0.15) is 17.5 Å². The molecule has 7 heteroatoms. The molecule has 20 heavy (non-hydrogen) atoms. The molecule has 0 saturated carbocycles. The fraction of sp³-hybridized carbons (Fsp3) is 0.385. The molecule has 0 bridgehead atoms. The maximum absolute atomic E-state index is 13.5. The fourth-order valence-electron chi connectivity index (χ4n) is 1.98. The molecule has 1 aliphatic heterocycles. The van der Waals surface area contributed by atoms with Gasteiger partial charge in [-0.25, -0.2) is 14.0 Å². The highest BCUT2D eigenvalue weighted by Crippen LogP contribution is 2.26. The lowest BCUT2D eigenvalue weighted by Crippen LogP contribution is -2.41. The van der Waals surface area contributed by atoms with Gasteiger partial charge in [0, 0.05) is 11.4 Å². The van der Waals surface area contributed by atoms with Gasteiger partial charge < -0.3 is 15.4 Å². The Labute approximate surface area is 120 Å². The summed E-state index contributed by atoms with van der Waals surface area (Å²) in [5.74, 6) is -1.12. The van der Waals surface area contributed by atoms with Crippen LogP contribution in [0, 0.1) is 5.82 Å². The third-order valence-corrected chi connectivity index (χ3v) is 3.07. The van der Waals surface area contributed by atoms with Gasteiger partial charge in [0.05, 0.1) is 5.69 Å². The zero-order valence-electron chi connectivity index (χ0n) is 11.0. The number of amides is 2. The van der Waals surface area contributed by atoms with Crippen molar-refractivity contribution >= 4 is 29.3 Å². The summed E-state index contributed by atoms with van der Waals surface area (Å²) >= 11 is 5.72. The van der Waals surface area contributed by atoms with Gasteiger partial charge in [-0.15, -0.1) is 0 Å². The Morgan fingerprint density at radius 3 is 2.80 bits per heavy atom. The number of esters is 1. The van der Waals surface area contributed by atoms with Crippen LogP contribution in [-0.4, -0.2) is 23.6 Å². The molecule has 1 aliphatic rings. The predicted octanol–water partition coefficient (Wildman–Crippen LogP) is 2.69.